The molecule has 0 unspecified atom stereocenters. The van der Waals surface area contributed by atoms with Crippen molar-refractivity contribution in [2.24, 2.45) is 0 Å². The van der Waals surface area contributed by atoms with E-state index < -0.39 is 10.0 Å². The van der Waals surface area contributed by atoms with E-state index in [1.807, 2.05) is 24.3 Å². The molecule has 1 aliphatic heterocycles. The van der Waals surface area contributed by atoms with Gasteiger partial charge in [-0.1, -0.05) is 24.3 Å². The number of sulfonamides is 1. The molecule has 110 valence electrons. The van der Waals surface area contributed by atoms with Crippen LogP contribution in [-0.4, -0.2) is 12.7 Å². The van der Waals surface area contributed by atoms with E-state index in [0.29, 0.717) is 27.7 Å². The van der Waals surface area contributed by atoms with E-state index in [0.717, 1.165) is 11.1 Å². The molecule has 0 saturated heterocycles. The Labute approximate surface area is 140 Å². The van der Waals surface area contributed by atoms with Crippen LogP contribution in [0.25, 0.3) is 0 Å². The van der Waals surface area contributed by atoms with Gasteiger partial charge in [-0.2, -0.15) is 4.31 Å². The van der Waals surface area contributed by atoms with E-state index in [1.165, 1.54) is 4.31 Å². The zero-order valence-electron chi connectivity index (χ0n) is 10.9. The van der Waals surface area contributed by atoms with Crippen molar-refractivity contribution >= 4 is 47.6 Å². The molecule has 3 rings (SSSR count). The Hall–Kier alpha value is -0.890. The summed E-state index contributed by atoms with van der Waals surface area (Å²) in [7, 11) is -3.60. The molecule has 2 aromatic carbocycles. The smallest absolute Gasteiger partial charge is 0.245 e. The quantitative estimate of drug-likeness (QED) is 0.740. The van der Waals surface area contributed by atoms with Crippen molar-refractivity contribution < 1.29 is 8.42 Å². The van der Waals surface area contributed by atoms with Gasteiger partial charge in [0.15, 0.2) is 0 Å². The van der Waals surface area contributed by atoms with Gasteiger partial charge in [0.05, 0.1) is 0 Å². The average Bonchev–Trinajstić information content (AvgIpc) is 2.81. The van der Waals surface area contributed by atoms with E-state index in [-0.39, 0.29) is 4.90 Å². The summed E-state index contributed by atoms with van der Waals surface area (Å²) in [6.07, 6.45) is 0. The van der Waals surface area contributed by atoms with Crippen molar-refractivity contribution in [2.75, 3.05) is 5.73 Å². The molecule has 4 nitrogen and oxygen atoms in total. The van der Waals surface area contributed by atoms with Gasteiger partial charge >= 0.3 is 0 Å². The minimum absolute atomic E-state index is 0.213. The zero-order valence-corrected chi connectivity index (χ0v) is 14.9. The molecular weight excluding hydrogens is 420 g/mol. The average molecular weight is 432 g/mol. The van der Waals surface area contributed by atoms with Crippen LogP contribution in [0.3, 0.4) is 0 Å². The highest BCUT2D eigenvalue weighted by Crippen LogP contribution is 2.37. The predicted octanol–water partition coefficient (Wildman–Crippen LogP) is 3.50. The van der Waals surface area contributed by atoms with Crippen LogP contribution in [0.5, 0.6) is 0 Å². The molecule has 2 aromatic rings. The summed E-state index contributed by atoms with van der Waals surface area (Å²) in [4.78, 5) is 0.213. The SMILES string of the molecule is Nc1cc(Br)c(S(=O)(=O)N2Cc3ccccc3C2)c(Br)c1. The van der Waals surface area contributed by atoms with Crippen molar-refractivity contribution in [1.82, 2.24) is 4.31 Å². The third-order valence-corrected chi connectivity index (χ3v) is 7.10. The molecule has 7 heteroatoms. The number of hydrogen-bond donors (Lipinski definition) is 1. The first-order valence-corrected chi connectivity index (χ1v) is 9.23. The molecule has 1 heterocycles. The molecule has 1 aliphatic rings. The molecule has 0 aliphatic carbocycles. The summed E-state index contributed by atoms with van der Waals surface area (Å²) in [6.45, 7) is 0.781. The lowest BCUT2D eigenvalue weighted by atomic mass is 10.1. The van der Waals surface area contributed by atoms with E-state index >= 15 is 0 Å². The molecule has 0 amide bonds. The highest BCUT2D eigenvalue weighted by Gasteiger charge is 2.33. The topological polar surface area (TPSA) is 63.4 Å². The number of nitrogens with two attached hydrogens (primary N) is 1. The third-order valence-electron chi connectivity index (χ3n) is 3.43. The number of hydrogen-bond acceptors (Lipinski definition) is 3. The fourth-order valence-electron chi connectivity index (χ4n) is 2.43. The van der Waals surface area contributed by atoms with E-state index in [2.05, 4.69) is 31.9 Å². The van der Waals surface area contributed by atoms with E-state index in [4.69, 9.17) is 5.73 Å². The monoisotopic (exact) mass is 430 g/mol. The van der Waals surface area contributed by atoms with E-state index in [9.17, 15) is 8.42 Å². The molecule has 0 radical (unpaired) electrons. The molecule has 0 saturated carbocycles. The van der Waals surface area contributed by atoms with Gasteiger partial charge in [-0.05, 0) is 55.1 Å². The minimum Gasteiger partial charge on any atom is -0.399 e. The Morgan fingerprint density at radius 3 is 1.95 bits per heavy atom. The maximum atomic E-state index is 12.9. The Kier molecular flexibility index (Phi) is 3.85. The lowest BCUT2D eigenvalue weighted by molar-refractivity contribution is 0.431. The molecule has 0 aromatic heterocycles. The minimum atomic E-state index is -3.60. The van der Waals surface area contributed by atoms with Gasteiger partial charge in [0.1, 0.15) is 4.90 Å². The first-order valence-electron chi connectivity index (χ1n) is 6.21. The molecule has 2 N–H and O–H groups in total. The van der Waals surface area contributed by atoms with E-state index in [1.54, 1.807) is 12.1 Å². The van der Waals surface area contributed by atoms with Gasteiger partial charge in [-0.3, -0.25) is 0 Å². The Morgan fingerprint density at radius 2 is 1.48 bits per heavy atom. The first-order chi connectivity index (χ1) is 9.89. The Balaban J connectivity index is 2.04. The van der Waals surface area contributed by atoms with Crippen LogP contribution in [0.4, 0.5) is 5.69 Å². The Morgan fingerprint density at radius 1 is 1.00 bits per heavy atom. The van der Waals surface area contributed by atoms with Gasteiger partial charge in [0, 0.05) is 27.7 Å². The summed E-state index contributed by atoms with van der Waals surface area (Å²) >= 11 is 6.60. The summed E-state index contributed by atoms with van der Waals surface area (Å²) in [6, 6.07) is 10.9. The maximum absolute atomic E-state index is 12.9. The Bertz CT molecular complexity index is 773. The van der Waals surface area contributed by atoms with Crippen molar-refractivity contribution in [3.63, 3.8) is 0 Å². The number of nitrogen functional groups attached to an aromatic ring is 1. The van der Waals surface area contributed by atoms with Crippen LogP contribution in [0.2, 0.25) is 0 Å². The number of halogens is 2. The molecule has 0 atom stereocenters. The second kappa shape index (κ2) is 5.39. The summed E-state index contributed by atoms with van der Waals surface area (Å²) in [5.41, 5.74) is 8.31. The lowest BCUT2D eigenvalue weighted by Crippen LogP contribution is -2.26. The van der Waals surface area contributed by atoms with Crippen LogP contribution in [0, 0.1) is 0 Å². The zero-order chi connectivity index (χ0) is 15.2. The molecule has 0 bridgehead atoms. The van der Waals surface area contributed by atoms with Gasteiger partial charge in [-0.15, -0.1) is 0 Å². The maximum Gasteiger partial charge on any atom is 0.245 e. The van der Waals surface area contributed by atoms with Crippen molar-refractivity contribution in [2.45, 2.75) is 18.0 Å². The summed E-state index contributed by atoms with van der Waals surface area (Å²) in [5.74, 6) is 0. The van der Waals surface area contributed by atoms with Crippen LogP contribution in [-0.2, 0) is 23.1 Å². The number of anilines is 1. The van der Waals surface area contributed by atoms with Crippen molar-refractivity contribution in [3.05, 3.63) is 56.5 Å². The standard InChI is InChI=1S/C14H12Br2N2O2S/c15-12-5-11(17)6-13(16)14(12)21(19,20)18-7-9-3-1-2-4-10(9)8-18/h1-6H,7-8,17H2. The molecular formula is C14H12Br2N2O2S. The van der Waals surface area contributed by atoms with Gasteiger partial charge in [-0.25, -0.2) is 8.42 Å². The number of nitrogens with zero attached hydrogens (tertiary/aromatic N) is 1. The van der Waals surface area contributed by atoms with Gasteiger partial charge in [0.25, 0.3) is 0 Å². The molecule has 21 heavy (non-hydrogen) atoms. The lowest BCUT2D eigenvalue weighted by Gasteiger charge is -2.18. The summed E-state index contributed by atoms with van der Waals surface area (Å²) in [5, 5.41) is 0. The van der Waals surface area contributed by atoms with Crippen LogP contribution in [0.1, 0.15) is 11.1 Å². The second-order valence-corrected chi connectivity index (χ2v) is 8.44. The van der Waals surface area contributed by atoms with Crippen LogP contribution < -0.4 is 5.73 Å². The van der Waals surface area contributed by atoms with Gasteiger partial charge in [0.2, 0.25) is 10.0 Å². The van der Waals surface area contributed by atoms with Crippen LogP contribution in [0.15, 0.2) is 50.2 Å². The highest BCUT2D eigenvalue weighted by atomic mass is 79.9. The largest absolute Gasteiger partial charge is 0.399 e. The van der Waals surface area contributed by atoms with Crippen molar-refractivity contribution in [1.29, 1.82) is 0 Å². The highest BCUT2D eigenvalue weighted by molar-refractivity contribution is 9.11. The number of benzene rings is 2. The molecule has 0 fully saturated rings. The number of fused-ring (bicyclic) bond motifs is 1. The summed E-state index contributed by atoms with van der Waals surface area (Å²) < 4.78 is 28.2. The van der Waals surface area contributed by atoms with Crippen LogP contribution >= 0.6 is 31.9 Å². The van der Waals surface area contributed by atoms with Gasteiger partial charge < -0.3 is 5.73 Å². The fourth-order valence-corrected chi connectivity index (χ4v) is 6.36. The number of rotatable bonds is 2. The molecule has 0 spiro atoms. The fraction of sp³-hybridized carbons (Fsp3) is 0.143. The third kappa shape index (κ3) is 2.63. The van der Waals surface area contributed by atoms with Crippen molar-refractivity contribution in [3.8, 4) is 0 Å². The second-order valence-electron chi connectivity index (χ2n) is 4.86. The first kappa shape index (κ1) is 15.0. The predicted molar refractivity (Wildman–Crippen MR) is 89.1 cm³/mol. The normalized spacial score (nSPS) is 15.1.